The number of hydrogen-bond donors (Lipinski definition) is 1. The minimum atomic E-state index is -4.73. The molecule has 1 fully saturated rings. The molecule has 4 rings (SSSR count). The Morgan fingerprint density at radius 3 is 2.24 bits per heavy atom. The van der Waals surface area contributed by atoms with Crippen LogP contribution in [0.5, 0.6) is 0 Å². The van der Waals surface area contributed by atoms with E-state index in [0.717, 1.165) is 42.3 Å². The largest absolute Gasteiger partial charge is 0.416 e. The maximum atomic E-state index is 13.9. The van der Waals surface area contributed by atoms with E-state index < -0.39 is 40.3 Å². The zero-order valence-corrected chi connectivity index (χ0v) is 25.3. The standard InChI is InChI=1S/C30H31BrF3N3O4S/c1-21(29(39)35-25-9-5-6-10-25)36(19-22-14-16-24(31)17-15-22)28(38)20-37(42(40,41)27-12-3-2-4-13-27)26-11-7-8-23(18-26)30(32,33)34/h2-4,7-8,11-18,21,25H,5-6,9-10,19-20H2,1H3,(H,35,39)/t21-/m1/s1. The minimum absolute atomic E-state index is 0.00959. The lowest BCUT2D eigenvalue weighted by molar-refractivity contribution is -0.139. The lowest BCUT2D eigenvalue weighted by atomic mass is 10.1. The Bertz CT molecular complexity index is 1500. The fourth-order valence-corrected chi connectivity index (χ4v) is 6.54. The Morgan fingerprint density at radius 1 is 0.976 bits per heavy atom. The van der Waals surface area contributed by atoms with Crippen molar-refractivity contribution < 1.29 is 31.2 Å². The van der Waals surface area contributed by atoms with E-state index in [0.29, 0.717) is 15.9 Å². The maximum absolute atomic E-state index is 13.9. The van der Waals surface area contributed by atoms with Crippen molar-refractivity contribution in [2.75, 3.05) is 10.8 Å². The van der Waals surface area contributed by atoms with Crippen molar-refractivity contribution in [2.45, 2.75) is 62.3 Å². The smallest absolute Gasteiger partial charge is 0.352 e. The van der Waals surface area contributed by atoms with Crippen molar-refractivity contribution in [3.63, 3.8) is 0 Å². The van der Waals surface area contributed by atoms with Gasteiger partial charge in [-0.05, 0) is 67.8 Å². The summed E-state index contributed by atoms with van der Waals surface area (Å²) in [5, 5.41) is 2.98. The van der Waals surface area contributed by atoms with Crippen molar-refractivity contribution in [3.05, 3.63) is 94.5 Å². The predicted octanol–water partition coefficient (Wildman–Crippen LogP) is 6.14. The number of benzene rings is 3. The Hall–Kier alpha value is -3.38. The first-order valence-corrected chi connectivity index (χ1v) is 15.7. The normalized spacial score (nSPS) is 14.8. The van der Waals surface area contributed by atoms with Crippen molar-refractivity contribution in [1.29, 1.82) is 0 Å². The van der Waals surface area contributed by atoms with E-state index in [1.54, 1.807) is 37.3 Å². The zero-order chi connectivity index (χ0) is 30.5. The predicted molar refractivity (Wildman–Crippen MR) is 157 cm³/mol. The second-order valence-electron chi connectivity index (χ2n) is 10.2. The van der Waals surface area contributed by atoms with Crippen LogP contribution in [0.25, 0.3) is 0 Å². The number of alkyl halides is 3. The van der Waals surface area contributed by atoms with Gasteiger partial charge < -0.3 is 10.2 Å². The molecule has 0 saturated heterocycles. The summed E-state index contributed by atoms with van der Waals surface area (Å²) in [4.78, 5) is 28.3. The van der Waals surface area contributed by atoms with Crippen LogP contribution in [0, 0.1) is 0 Å². The van der Waals surface area contributed by atoms with E-state index in [1.807, 2.05) is 0 Å². The van der Waals surface area contributed by atoms with Crippen LogP contribution < -0.4 is 9.62 Å². The summed E-state index contributed by atoms with van der Waals surface area (Å²) in [7, 11) is -4.48. The number of hydrogen-bond acceptors (Lipinski definition) is 4. The molecule has 1 aliphatic rings. The number of rotatable bonds is 10. The van der Waals surface area contributed by atoms with E-state index in [4.69, 9.17) is 0 Å². The lowest BCUT2D eigenvalue weighted by Crippen LogP contribution is -2.52. The highest BCUT2D eigenvalue weighted by atomic mass is 79.9. The van der Waals surface area contributed by atoms with Gasteiger partial charge in [-0.15, -0.1) is 0 Å². The molecular formula is C30H31BrF3N3O4S. The molecule has 224 valence electrons. The molecule has 0 heterocycles. The van der Waals surface area contributed by atoms with Crippen LogP contribution in [0.15, 0.2) is 88.2 Å². The van der Waals surface area contributed by atoms with Crippen LogP contribution in [-0.2, 0) is 32.3 Å². The number of amides is 2. The maximum Gasteiger partial charge on any atom is 0.416 e. The number of anilines is 1. The van der Waals surface area contributed by atoms with Gasteiger partial charge in [-0.25, -0.2) is 8.42 Å². The third-order valence-electron chi connectivity index (χ3n) is 7.21. The monoisotopic (exact) mass is 665 g/mol. The molecule has 12 heteroatoms. The molecule has 0 radical (unpaired) electrons. The molecule has 0 bridgehead atoms. The van der Waals surface area contributed by atoms with Gasteiger partial charge in [0.15, 0.2) is 0 Å². The number of sulfonamides is 1. The van der Waals surface area contributed by atoms with Crippen LogP contribution in [0.2, 0.25) is 0 Å². The summed E-state index contributed by atoms with van der Waals surface area (Å²) in [6.45, 7) is 0.713. The Morgan fingerprint density at radius 2 is 1.62 bits per heavy atom. The van der Waals surface area contributed by atoms with E-state index >= 15 is 0 Å². The van der Waals surface area contributed by atoms with E-state index in [2.05, 4.69) is 21.2 Å². The number of halogens is 4. The van der Waals surface area contributed by atoms with Crippen LogP contribution >= 0.6 is 15.9 Å². The van der Waals surface area contributed by atoms with Gasteiger partial charge in [0, 0.05) is 17.1 Å². The van der Waals surface area contributed by atoms with Gasteiger partial charge in [0.25, 0.3) is 10.0 Å². The first-order valence-electron chi connectivity index (χ1n) is 13.5. The molecule has 3 aromatic carbocycles. The van der Waals surface area contributed by atoms with Crippen molar-refractivity contribution in [1.82, 2.24) is 10.2 Å². The van der Waals surface area contributed by atoms with Crippen LogP contribution in [-0.4, -0.2) is 43.8 Å². The average Bonchev–Trinajstić information content (AvgIpc) is 3.48. The van der Waals surface area contributed by atoms with E-state index in [1.165, 1.54) is 35.2 Å². The first kappa shape index (κ1) is 31.6. The molecule has 0 spiro atoms. The highest BCUT2D eigenvalue weighted by Gasteiger charge is 2.35. The van der Waals surface area contributed by atoms with E-state index in [9.17, 15) is 31.2 Å². The van der Waals surface area contributed by atoms with Gasteiger partial charge in [0.05, 0.1) is 16.1 Å². The summed E-state index contributed by atoms with van der Waals surface area (Å²) in [5.41, 5.74) is -0.700. The Kier molecular flexibility index (Phi) is 9.98. The van der Waals surface area contributed by atoms with Gasteiger partial charge in [-0.3, -0.25) is 13.9 Å². The lowest BCUT2D eigenvalue weighted by Gasteiger charge is -2.32. The van der Waals surface area contributed by atoms with Crippen molar-refractivity contribution in [2.24, 2.45) is 0 Å². The molecule has 0 aromatic heterocycles. The third-order valence-corrected chi connectivity index (χ3v) is 9.52. The highest BCUT2D eigenvalue weighted by molar-refractivity contribution is 9.10. The molecule has 42 heavy (non-hydrogen) atoms. The Labute approximate surface area is 251 Å². The first-order chi connectivity index (χ1) is 19.9. The SMILES string of the molecule is C[C@H](C(=O)NC1CCCC1)N(Cc1ccc(Br)cc1)C(=O)CN(c1cccc(C(F)(F)F)c1)S(=O)(=O)c1ccccc1. The van der Waals surface area contributed by atoms with Gasteiger partial charge in [0.1, 0.15) is 12.6 Å². The fraction of sp³-hybridized carbons (Fsp3) is 0.333. The molecule has 1 aliphatic carbocycles. The molecule has 1 N–H and O–H groups in total. The summed E-state index contributed by atoms with van der Waals surface area (Å²) in [5.74, 6) is -1.13. The van der Waals surface area contributed by atoms with Gasteiger partial charge in [-0.2, -0.15) is 13.2 Å². The van der Waals surface area contributed by atoms with E-state index in [-0.39, 0.29) is 29.1 Å². The molecular weight excluding hydrogens is 635 g/mol. The zero-order valence-electron chi connectivity index (χ0n) is 22.9. The van der Waals surface area contributed by atoms with Gasteiger partial charge in [-0.1, -0.05) is 65.2 Å². The Balaban J connectivity index is 1.72. The quantitative estimate of drug-likeness (QED) is 0.282. The molecule has 3 aromatic rings. The molecule has 0 aliphatic heterocycles. The van der Waals surface area contributed by atoms with Crippen LogP contribution in [0.3, 0.4) is 0 Å². The van der Waals surface area contributed by atoms with Gasteiger partial charge >= 0.3 is 6.18 Å². The molecule has 0 unspecified atom stereocenters. The van der Waals surface area contributed by atoms with Crippen LogP contribution in [0.4, 0.5) is 18.9 Å². The van der Waals surface area contributed by atoms with Crippen molar-refractivity contribution in [3.8, 4) is 0 Å². The second-order valence-corrected chi connectivity index (χ2v) is 13.0. The van der Waals surface area contributed by atoms with Crippen molar-refractivity contribution >= 4 is 43.5 Å². The number of nitrogens with zero attached hydrogens (tertiary/aromatic N) is 2. The third kappa shape index (κ3) is 7.71. The van der Waals surface area contributed by atoms with Gasteiger partial charge in [0.2, 0.25) is 11.8 Å². The highest BCUT2D eigenvalue weighted by Crippen LogP contribution is 2.33. The number of carbonyl (C=O) groups excluding carboxylic acids is 2. The fourth-order valence-electron chi connectivity index (χ4n) is 4.85. The summed E-state index contributed by atoms with van der Waals surface area (Å²) in [6.07, 6.45) is -1.09. The molecule has 2 amide bonds. The summed E-state index contributed by atoms with van der Waals surface area (Å²) in [6, 6.07) is 17.1. The average molecular weight is 667 g/mol. The summed E-state index contributed by atoms with van der Waals surface area (Å²) < 4.78 is 69.8. The van der Waals surface area contributed by atoms with Crippen LogP contribution in [0.1, 0.15) is 43.7 Å². The second kappa shape index (κ2) is 13.3. The number of nitrogens with one attached hydrogen (secondary N) is 1. The molecule has 1 saturated carbocycles. The molecule has 7 nitrogen and oxygen atoms in total. The molecule has 1 atom stereocenters. The summed E-state index contributed by atoms with van der Waals surface area (Å²) >= 11 is 3.37. The number of carbonyl (C=O) groups is 2. The minimum Gasteiger partial charge on any atom is -0.352 e. The topological polar surface area (TPSA) is 86.8 Å².